The third-order valence-electron chi connectivity index (χ3n) is 6.30. The molecule has 0 saturated carbocycles. The monoisotopic (exact) mass is 485 g/mol. The summed E-state index contributed by atoms with van der Waals surface area (Å²) in [5.74, 6) is 2.23. The third-order valence-corrected chi connectivity index (χ3v) is 6.30. The lowest BCUT2D eigenvalue weighted by Gasteiger charge is -2.23. The maximum atomic E-state index is 13.1. The van der Waals surface area contributed by atoms with Gasteiger partial charge >= 0.3 is 0 Å². The Balaban J connectivity index is 1.57. The summed E-state index contributed by atoms with van der Waals surface area (Å²) in [6, 6.07) is 9.51. The van der Waals surface area contributed by atoms with Crippen LogP contribution < -0.4 is 18.9 Å². The number of oxime groups is 1. The summed E-state index contributed by atoms with van der Waals surface area (Å²) in [6.45, 7) is 2.81. The average Bonchev–Trinajstić information content (AvgIpc) is 3.01. The molecule has 0 bridgehead atoms. The largest absolute Gasteiger partial charge is 0.493 e. The Morgan fingerprint density at radius 3 is 2.26 bits per heavy atom. The molecule has 0 aromatic heterocycles. The highest BCUT2D eigenvalue weighted by molar-refractivity contribution is 6.45. The van der Waals surface area contributed by atoms with Crippen LogP contribution in [0.3, 0.4) is 0 Å². The van der Waals surface area contributed by atoms with Gasteiger partial charge in [0.05, 0.1) is 28.4 Å². The lowest BCUT2D eigenvalue weighted by Crippen LogP contribution is -2.38. The lowest BCUT2D eigenvalue weighted by molar-refractivity contribution is -0.124. The first kappa shape index (κ1) is 26.2. The van der Waals surface area contributed by atoms with E-state index in [1.165, 1.54) is 12.7 Å². The number of amides is 1. The zero-order valence-corrected chi connectivity index (χ0v) is 21.2. The van der Waals surface area contributed by atoms with E-state index >= 15 is 0 Å². The number of hydrogen-bond acceptors (Lipinski definition) is 8. The summed E-state index contributed by atoms with van der Waals surface area (Å²) >= 11 is 0. The van der Waals surface area contributed by atoms with E-state index in [4.69, 9.17) is 18.9 Å². The van der Waals surface area contributed by atoms with Crippen LogP contribution in [0.5, 0.6) is 23.0 Å². The lowest BCUT2D eigenvalue weighted by atomic mass is 10.0. The maximum Gasteiger partial charge on any atom is 0.276 e. The molecule has 0 unspecified atom stereocenters. The van der Waals surface area contributed by atoms with Gasteiger partial charge in [0, 0.05) is 25.2 Å². The minimum absolute atomic E-state index is 0.0280. The molecule has 9 heteroatoms. The first-order chi connectivity index (χ1) is 16.9. The van der Waals surface area contributed by atoms with Crippen molar-refractivity contribution in [3.63, 3.8) is 0 Å². The Morgan fingerprint density at radius 1 is 0.943 bits per heavy atom. The molecule has 3 rings (SSSR count). The van der Waals surface area contributed by atoms with Crippen molar-refractivity contribution in [1.29, 1.82) is 0 Å². The molecule has 2 aromatic carbocycles. The second-order valence-electron chi connectivity index (χ2n) is 8.45. The van der Waals surface area contributed by atoms with Crippen molar-refractivity contribution in [2.45, 2.75) is 19.3 Å². The van der Waals surface area contributed by atoms with Crippen LogP contribution in [0.25, 0.3) is 0 Å². The Morgan fingerprint density at radius 2 is 1.60 bits per heavy atom. The first-order valence-electron chi connectivity index (χ1n) is 11.6. The second-order valence-corrected chi connectivity index (χ2v) is 8.45. The molecule has 1 amide bonds. The molecule has 0 radical (unpaired) electrons. The van der Waals surface area contributed by atoms with Gasteiger partial charge in [-0.2, -0.15) is 0 Å². The number of nitrogens with zero attached hydrogens (tertiary/aromatic N) is 3. The summed E-state index contributed by atoms with van der Waals surface area (Å²) in [4.78, 5) is 17.1. The van der Waals surface area contributed by atoms with Gasteiger partial charge in [0.15, 0.2) is 28.7 Å². The molecule has 0 fully saturated rings. The highest BCUT2D eigenvalue weighted by Crippen LogP contribution is 2.33. The zero-order chi connectivity index (χ0) is 25.4. The van der Waals surface area contributed by atoms with Gasteiger partial charge in [-0.3, -0.25) is 4.79 Å². The van der Waals surface area contributed by atoms with Crippen LogP contribution in [0, 0.1) is 0 Å². The highest BCUT2D eigenvalue weighted by Gasteiger charge is 2.29. The molecule has 1 aliphatic heterocycles. The average molecular weight is 486 g/mol. The van der Waals surface area contributed by atoms with E-state index in [1.807, 2.05) is 24.3 Å². The first-order valence-corrected chi connectivity index (χ1v) is 11.6. The predicted molar refractivity (Wildman–Crippen MR) is 134 cm³/mol. The second kappa shape index (κ2) is 12.3. The molecular weight excluding hydrogens is 450 g/mol. The van der Waals surface area contributed by atoms with Gasteiger partial charge in [-0.25, -0.2) is 0 Å². The normalized spacial score (nSPS) is 14.6. The molecule has 35 heavy (non-hydrogen) atoms. The van der Waals surface area contributed by atoms with Gasteiger partial charge in [0.2, 0.25) is 0 Å². The van der Waals surface area contributed by atoms with Crippen LogP contribution in [0.2, 0.25) is 0 Å². The van der Waals surface area contributed by atoms with Crippen LogP contribution in [0.15, 0.2) is 35.5 Å². The molecular formula is C26H35N3O6. The molecule has 0 spiro atoms. The molecule has 0 aliphatic carbocycles. The van der Waals surface area contributed by atoms with Crippen molar-refractivity contribution in [1.82, 2.24) is 9.80 Å². The minimum atomic E-state index is -0.286. The van der Waals surface area contributed by atoms with E-state index < -0.39 is 0 Å². The molecule has 9 nitrogen and oxygen atoms in total. The Labute approximate surface area is 206 Å². The maximum absolute atomic E-state index is 13.1. The van der Waals surface area contributed by atoms with E-state index in [1.54, 1.807) is 32.3 Å². The summed E-state index contributed by atoms with van der Waals surface area (Å²) in [5.41, 5.74) is 2.66. The fraction of sp³-hybridized carbons (Fsp3) is 0.462. The number of rotatable bonds is 11. The van der Waals surface area contributed by atoms with E-state index in [2.05, 4.69) is 17.1 Å². The van der Waals surface area contributed by atoms with E-state index in [-0.39, 0.29) is 11.6 Å². The smallest absolute Gasteiger partial charge is 0.276 e. The summed E-state index contributed by atoms with van der Waals surface area (Å²) in [5, 5.41) is 13.0. The number of carbonyl (C=O) groups excluding carboxylic acids is 1. The predicted octanol–water partition coefficient (Wildman–Crippen LogP) is 2.85. The number of likely N-dealkylation sites (N-methyl/N-ethyl adjacent to an activating group) is 1. The van der Waals surface area contributed by atoms with Crippen molar-refractivity contribution in [3.8, 4) is 23.0 Å². The topological polar surface area (TPSA) is 93.1 Å². The Hall–Kier alpha value is -3.46. The van der Waals surface area contributed by atoms with E-state index in [0.29, 0.717) is 36.6 Å². The third kappa shape index (κ3) is 6.16. The summed E-state index contributed by atoms with van der Waals surface area (Å²) < 4.78 is 21.4. The van der Waals surface area contributed by atoms with Crippen molar-refractivity contribution in [2.24, 2.45) is 5.16 Å². The van der Waals surface area contributed by atoms with Crippen LogP contribution in [-0.2, 0) is 17.6 Å². The van der Waals surface area contributed by atoms with Gasteiger partial charge < -0.3 is 34.0 Å². The van der Waals surface area contributed by atoms with Crippen molar-refractivity contribution in [2.75, 3.05) is 61.7 Å². The number of methoxy groups -OCH3 is 4. The molecule has 0 saturated heterocycles. The molecule has 0 atom stereocenters. The number of fused-ring (bicyclic) bond motifs is 1. The van der Waals surface area contributed by atoms with Crippen molar-refractivity contribution < 1.29 is 28.9 Å². The molecule has 1 N–H and O–H groups in total. The van der Waals surface area contributed by atoms with Gasteiger partial charge in [0.25, 0.3) is 5.91 Å². The molecule has 1 heterocycles. The SMILES string of the molecule is COc1ccc(CCN(C)CCCN2CCc3cc(OC)c(OC)cc3C(=NO)C2=O)cc1OC. The van der Waals surface area contributed by atoms with Gasteiger partial charge in [-0.15, -0.1) is 0 Å². The Bertz CT molecular complexity index is 1060. The quantitative estimate of drug-likeness (QED) is 0.386. The van der Waals surface area contributed by atoms with Crippen molar-refractivity contribution in [3.05, 3.63) is 47.0 Å². The van der Waals surface area contributed by atoms with Crippen LogP contribution >= 0.6 is 0 Å². The number of hydrogen-bond donors (Lipinski definition) is 1. The number of carbonyl (C=O) groups is 1. The van der Waals surface area contributed by atoms with Crippen molar-refractivity contribution >= 4 is 11.6 Å². The standard InChI is InChI=1S/C26H35N3O6/c1-28(13-9-18-7-8-21(32-2)22(15-18)33-3)11-6-12-29-14-10-19-16-23(34-4)24(35-5)17-20(19)25(27-31)26(29)30/h7-8,15-17,31H,6,9-14H2,1-5H3. The van der Waals surface area contributed by atoms with Gasteiger partial charge in [0.1, 0.15) is 0 Å². The van der Waals surface area contributed by atoms with E-state index in [9.17, 15) is 10.0 Å². The fourth-order valence-electron chi connectivity index (χ4n) is 4.28. The minimum Gasteiger partial charge on any atom is -0.493 e. The molecule has 190 valence electrons. The fourth-order valence-corrected chi connectivity index (χ4v) is 4.28. The Kier molecular flexibility index (Phi) is 9.19. The van der Waals surface area contributed by atoms with E-state index in [0.717, 1.165) is 43.0 Å². The summed E-state index contributed by atoms with van der Waals surface area (Å²) in [6.07, 6.45) is 2.31. The number of benzene rings is 2. The highest BCUT2D eigenvalue weighted by atomic mass is 16.5. The molecule has 2 aromatic rings. The zero-order valence-electron chi connectivity index (χ0n) is 21.2. The molecule has 1 aliphatic rings. The van der Waals surface area contributed by atoms with Crippen LogP contribution in [0.1, 0.15) is 23.1 Å². The van der Waals surface area contributed by atoms with Crippen LogP contribution in [0.4, 0.5) is 0 Å². The van der Waals surface area contributed by atoms with Gasteiger partial charge in [-0.05, 0) is 68.2 Å². The van der Waals surface area contributed by atoms with Crippen LogP contribution in [-0.4, -0.2) is 88.3 Å². The van der Waals surface area contributed by atoms with Gasteiger partial charge in [-0.1, -0.05) is 11.2 Å². The number of ether oxygens (including phenoxy) is 4. The summed E-state index contributed by atoms with van der Waals surface area (Å²) in [7, 11) is 8.44.